The molecule has 0 bridgehead atoms. The maximum Gasteiger partial charge on any atom is 0.305 e. The minimum Gasteiger partial charge on any atom is -0.494 e. The third-order valence-electron chi connectivity index (χ3n) is 11.5. The summed E-state index contributed by atoms with van der Waals surface area (Å²) >= 11 is 0. The van der Waals surface area contributed by atoms with Crippen molar-refractivity contribution in [3.8, 4) is 0 Å². The van der Waals surface area contributed by atoms with Gasteiger partial charge in [0.1, 0.15) is 12.2 Å². The first-order valence-corrected chi connectivity index (χ1v) is 15.5. The van der Waals surface area contributed by atoms with Gasteiger partial charge in [-0.15, -0.1) is 0 Å². The van der Waals surface area contributed by atoms with Gasteiger partial charge in [0.05, 0.1) is 12.4 Å². The lowest BCUT2D eigenvalue weighted by molar-refractivity contribution is -0.151. The van der Waals surface area contributed by atoms with Crippen molar-refractivity contribution >= 4 is 11.9 Å². The molecule has 0 amide bonds. The van der Waals surface area contributed by atoms with Crippen molar-refractivity contribution in [3.63, 3.8) is 0 Å². The molecule has 1 heterocycles. The number of rotatable bonds is 8. The SMILES string of the molecule is CCC(=O)OC[C@H](C)CCC1=C(C)[C@@H]2[C@H](C[C@@H]3[C@@H]4CC=C5C[C@H](OC(=O)CC)CC[C@]5(C)[C@@H]4CC[C@@]32C)O1. The Bertz CT molecular complexity index is 995. The van der Waals surface area contributed by atoms with Gasteiger partial charge in [-0.2, -0.15) is 0 Å². The van der Waals surface area contributed by atoms with E-state index < -0.39 is 0 Å². The molecule has 0 N–H and O–H groups in total. The second-order valence-corrected chi connectivity index (χ2v) is 13.7. The number of esters is 2. The van der Waals surface area contributed by atoms with Gasteiger partial charge in [-0.25, -0.2) is 0 Å². The standard InChI is InChI=1S/C33H50O5/c1-7-29(34)36-19-20(3)9-12-27-21(4)31-28(38-27)18-26-24-11-10-22-17-23(37-30(35)8-2)13-15-32(22,5)25(24)14-16-33(26,31)6/h10,20,23-26,28,31H,7-9,11-19H2,1-6H3/t20-,23-,24-,25-,26-,28+,31-,32+,33+/m1/s1. The topological polar surface area (TPSA) is 61.8 Å². The highest BCUT2D eigenvalue weighted by Gasteiger charge is 2.63. The van der Waals surface area contributed by atoms with Crippen LogP contribution in [0.5, 0.6) is 0 Å². The number of hydrogen-bond donors (Lipinski definition) is 0. The summed E-state index contributed by atoms with van der Waals surface area (Å²) in [6.07, 6.45) is 13.8. The average molecular weight is 527 g/mol. The number of allylic oxidation sites excluding steroid dienone is 2. The van der Waals surface area contributed by atoms with Crippen molar-refractivity contribution in [1.29, 1.82) is 0 Å². The Morgan fingerprint density at radius 1 is 1.11 bits per heavy atom. The molecule has 5 heteroatoms. The van der Waals surface area contributed by atoms with E-state index in [0.717, 1.165) is 43.9 Å². The quantitative estimate of drug-likeness (QED) is 0.241. The Morgan fingerprint density at radius 2 is 1.87 bits per heavy atom. The second kappa shape index (κ2) is 10.7. The van der Waals surface area contributed by atoms with Crippen LogP contribution in [0.3, 0.4) is 0 Å². The molecule has 1 aliphatic heterocycles. The molecule has 0 aromatic heterocycles. The summed E-state index contributed by atoms with van der Waals surface area (Å²) in [5.41, 5.74) is 3.63. The van der Waals surface area contributed by atoms with Crippen LogP contribution in [-0.4, -0.2) is 30.8 Å². The fourth-order valence-corrected chi connectivity index (χ4v) is 9.38. The van der Waals surface area contributed by atoms with Gasteiger partial charge in [0.25, 0.3) is 0 Å². The molecule has 5 rings (SSSR count). The lowest BCUT2D eigenvalue weighted by Crippen LogP contribution is -2.50. The van der Waals surface area contributed by atoms with Crippen molar-refractivity contribution in [2.24, 2.45) is 40.4 Å². The van der Waals surface area contributed by atoms with Gasteiger partial charge in [0, 0.05) is 31.6 Å². The molecular formula is C33H50O5. The normalized spacial score (nSPS) is 40.2. The molecular weight excluding hydrogens is 476 g/mol. The highest BCUT2D eigenvalue weighted by molar-refractivity contribution is 5.69. The summed E-state index contributed by atoms with van der Waals surface area (Å²) in [4.78, 5) is 23.4. The van der Waals surface area contributed by atoms with Crippen LogP contribution in [0.4, 0.5) is 0 Å². The van der Waals surface area contributed by atoms with Crippen molar-refractivity contribution in [3.05, 3.63) is 23.0 Å². The molecule has 5 aliphatic rings. The minimum atomic E-state index is -0.111. The first kappa shape index (κ1) is 27.8. The number of fused-ring (bicyclic) bond motifs is 7. The molecule has 0 aromatic rings. The van der Waals surface area contributed by atoms with E-state index in [0.29, 0.717) is 48.7 Å². The first-order chi connectivity index (χ1) is 18.1. The average Bonchev–Trinajstić information content (AvgIpc) is 3.38. The molecule has 9 atom stereocenters. The molecule has 0 saturated heterocycles. The van der Waals surface area contributed by atoms with Crippen LogP contribution < -0.4 is 0 Å². The van der Waals surface area contributed by atoms with Crippen LogP contribution >= 0.6 is 0 Å². The molecule has 3 saturated carbocycles. The van der Waals surface area contributed by atoms with E-state index >= 15 is 0 Å². The van der Waals surface area contributed by atoms with Gasteiger partial charge in [0.15, 0.2) is 0 Å². The number of carbonyl (C=O) groups is 2. The van der Waals surface area contributed by atoms with Crippen molar-refractivity contribution in [1.82, 2.24) is 0 Å². The van der Waals surface area contributed by atoms with Gasteiger partial charge in [-0.3, -0.25) is 9.59 Å². The molecule has 38 heavy (non-hydrogen) atoms. The Morgan fingerprint density at radius 3 is 2.61 bits per heavy atom. The van der Waals surface area contributed by atoms with E-state index in [1.807, 2.05) is 13.8 Å². The van der Waals surface area contributed by atoms with E-state index in [1.165, 1.54) is 37.0 Å². The van der Waals surface area contributed by atoms with Crippen LogP contribution in [0, 0.1) is 40.4 Å². The summed E-state index contributed by atoms with van der Waals surface area (Å²) in [6, 6.07) is 0. The number of hydrogen-bond acceptors (Lipinski definition) is 5. The summed E-state index contributed by atoms with van der Waals surface area (Å²) in [6.45, 7) is 13.8. The van der Waals surface area contributed by atoms with Crippen molar-refractivity contribution in [2.75, 3.05) is 6.61 Å². The molecule has 3 fully saturated rings. The zero-order valence-corrected chi connectivity index (χ0v) is 24.6. The molecule has 5 nitrogen and oxygen atoms in total. The molecule has 4 aliphatic carbocycles. The number of carbonyl (C=O) groups excluding carboxylic acids is 2. The Balaban J connectivity index is 1.26. The molecule has 0 aromatic carbocycles. The summed E-state index contributed by atoms with van der Waals surface area (Å²) in [7, 11) is 0. The predicted molar refractivity (Wildman–Crippen MR) is 148 cm³/mol. The zero-order valence-electron chi connectivity index (χ0n) is 24.6. The van der Waals surface area contributed by atoms with Gasteiger partial charge in [-0.1, -0.05) is 46.3 Å². The van der Waals surface area contributed by atoms with Gasteiger partial charge < -0.3 is 14.2 Å². The Kier molecular flexibility index (Phi) is 7.79. The highest BCUT2D eigenvalue weighted by atomic mass is 16.5. The molecule has 212 valence electrons. The van der Waals surface area contributed by atoms with Gasteiger partial charge >= 0.3 is 11.9 Å². The van der Waals surface area contributed by atoms with Crippen LogP contribution in [0.25, 0.3) is 0 Å². The van der Waals surface area contributed by atoms with E-state index in [1.54, 1.807) is 5.57 Å². The van der Waals surface area contributed by atoms with E-state index in [2.05, 4.69) is 33.8 Å². The lowest BCUT2D eigenvalue weighted by Gasteiger charge is -2.58. The Hall–Kier alpha value is -1.78. The van der Waals surface area contributed by atoms with Crippen LogP contribution in [-0.2, 0) is 23.8 Å². The maximum atomic E-state index is 11.9. The van der Waals surface area contributed by atoms with Gasteiger partial charge in [0.2, 0.25) is 0 Å². The third-order valence-corrected chi connectivity index (χ3v) is 11.5. The third kappa shape index (κ3) is 4.74. The fraction of sp³-hybridized carbons (Fsp3) is 0.818. The molecule has 0 spiro atoms. The van der Waals surface area contributed by atoms with E-state index in [-0.39, 0.29) is 23.5 Å². The summed E-state index contributed by atoms with van der Waals surface area (Å²) in [5, 5.41) is 0. The molecule has 0 unspecified atom stereocenters. The monoisotopic (exact) mass is 526 g/mol. The van der Waals surface area contributed by atoms with Crippen LogP contribution in [0.15, 0.2) is 23.0 Å². The highest BCUT2D eigenvalue weighted by Crippen LogP contribution is 2.69. The maximum absolute atomic E-state index is 11.9. The summed E-state index contributed by atoms with van der Waals surface area (Å²) < 4.78 is 17.9. The zero-order chi connectivity index (χ0) is 27.2. The minimum absolute atomic E-state index is 0.0593. The molecule has 0 radical (unpaired) electrons. The van der Waals surface area contributed by atoms with E-state index in [9.17, 15) is 9.59 Å². The van der Waals surface area contributed by atoms with E-state index in [4.69, 9.17) is 14.2 Å². The predicted octanol–water partition coefficient (Wildman–Crippen LogP) is 7.54. The smallest absolute Gasteiger partial charge is 0.305 e. The van der Waals surface area contributed by atoms with Crippen molar-refractivity contribution < 1.29 is 23.8 Å². The second-order valence-electron chi connectivity index (χ2n) is 13.7. The lowest BCUT2D eigenvalue weighted by atomic mass is 9.47. The van der Waals surface area contributed by atoms with Crippen LogP contribution in [0.1, 0.15) is 112 Å². The van der Waals surface area contributed by atoms with Crippen LogP contribution in [0.2, 0.25) is 0 Å². The Labute approximate surface area is 230 Å². The fourth-order valence-electron chi connectivity index (χ4n) is 9.38. The van der Waals surface area contributed by atoms with Gasteiger partial charge in [-0.05, 0) is 91.9 Å². The van der Waals surface area contributed by atoms with Crippen molar-refractivity contribution in [2.45, 2.75) is 124 Å². The summed E-state index contributed by atoms with van der Waals surface area (Å²) in [5.74, 6) is 4.11. The number of ether oxygens (including phenoxy) is 3. The largest absolute Gasteiger partial charge is 0.494 e. The first-order valence-electron chi connectivity index (χ1n) is 15.5.